The second kappa shape index (κ2) is 11.6. The summed E-state index contributed by atoms with van der Waals surface area (Å²) in [5.74, 6) is -0.104. The number of nitrogens with zero attached hydrogens (tertiary/aromatic N) is 3. The zero-order valence-corrected chi connectivity index (χ0v) is 21.1. The van der Waals surface area contributed by atoms with Crippen LogP contribution in [0.3, 0.4) is 0 Å². The Labute approximate surface area is 209 Å². The molecular weight excluding hydrogens is 437 g/mol. The zero-order valence-electron chi connectivity index (χ0n) is 21.1. The monoisotopic (exact) mass is 473 g/mol. The van der Waals surface area contributed by atoms with Crippen molar-refractivity contribution in [2.45, 2.75) is 33.4 Å². The Morgan fingerprint density at radius 2 is 1.54 bits per heavy atom. The predicted octanol–water partition coefficient (Wildman–Crippen LogP) is 5.52. The number of halogens is 1. The maximum absolute atomic E-state index is 13.3. The van der Waals surface area contributed by atoms with E-state index in [2.05, 4.69) is 53.1 Å². The lowest BCUT2D eigenvalue weighted by Gasteiger charge is -2.40. The van der Waals surface area contributed by atoms with Crippen molar-refractivity contribution in [2.24, 2.45) is 0 Å². The van der Waals surface area contributed by atoms with Crippen LogP contribution in [0.5, 0.6) is 0 Å². The van der Waals surface area contributed by atoms with Crippen molar-refractivity contribution < 1.29 is 9.18 Å². The molecule has 1 unspecified atom stereocenters. The van der Waals surface area contributed by atoms with E-state index in [1.54, 1.807) is 0 Å². The van der Waals surface area contributed by atoms with Gasteiger partial charge in [-0.25, -0.2) is 4.39 Å². The maximum atomic E-state index is 13.3. The molecule has 184 valence electrons. The van der Waals surface area contributed by atoms with Gasteiger partial charge in [-0.2, -0.15) is 0 Å². The summed E-state index contributed by atoms with van der Waals surface area (Å²) in [7, 11) is 0. The summed E-state index contributed by atoms with van der Waals surface area (Å²) in [6.45, 7) is 12.2. The van der Waals surface area contributed by atoms with E-state index in [9.17, 15) is 9.18 Å². The van der Waals surface area contributed by atoms with E-state index in [0.29, 0.717) is 13.1 Å². The minimum atomic E-state index is -0.190. The fraction of sp³-hybridized carbons (Fsp3) is 0.367. The van der Waals surface area contributed by atoms with Crippen molar-refractivity contribution in [1.82, 2.24) is 14.7 Å². The second-order valence-corrected chi connectivity index (χ2v) is 9.35. The van der Waals surface area contributed by atoms with Gasteiger partial charge in [0, 0.05) is 51.4 Å². The first kappa shape index (κ1) is 25.1. The van der Waals surface area contributed by atoms with E-state index >= 15 is 0 Å². The molecule has 1 fully saturated rings. The van der Waals surface area contributed by atoms with Gasteiger partial charge in [0.1, 0.15) is 5.82 Å². The van der Waals surface area contributed by atoms with Gasteiger partial charge in [-0.15, -0.1) is 0 Å². The van der Waals surface area contributed by atoms with Crippen LogP contribution in [0.4, 0.5) is 4.39 Å². The number of piperazine rings is 1. The largest absolute Gasteiger partial charge is 0.339 e. The maximum Gasteiger partial charge on any atom is 0.253 e. The minimum absolute atomic E-state index is 0.0862. The lowest BCUT2D eigenvalue weighted by atomic mass is 9.94. The van der Waals surface area contributed by atoms with Crippen LogP contribution in [0, 0.1) is 12.7 Å². The van der Waals surface area contributed by atoms with Gasteiger partial charge in [0.25, 0.3) is 5.91 Å². The normalized spacial score (nSPS) is 15.7. The molecule has 35 heavy (non-hydrogen) atoms. The molecule has 0 saturated carbocycles. The summed E-state index contributed by atoms with van der Waals surface area (Å²) in [4.78, 5) is 19.6. The van der Waals surface area contributed by atoms with Crippen LogP contribution in [0.15, 0.2) is 72.8 Å². The zero-order chi connectivity index (χ0) is 24.8. The van der Waals surface area contributed by atoms with Gasteiger partial charge in [0.2, 0.25) is 0 Å². The Kier molecular flexibility index (Phi) is 8.32. The molecule has 4 rings (SSSR count). The highest BCUT2D eigenvalue weighted by Crippen LogP contribution is 2.31. The molecule has 0 N–H and O–H groups in total. The van der Waals surface area contributed by atoms with Crippen molar-refractivity contribution in [3.05, 3.63) is 106 Å². The molecular formula is C30H36FN3O. The number of benzene rings is 3. The fourth-order valence-electron chi connectivity index (χ4n) is 4.98. The topological polar surface area (TPSA) is 26.8 Å². The van der Waals surface area contributed by atoms with E-state index in [4.69, 9.17) is 0 Å². The summed E-state index contributed by atoms with van der Waals surface area (Å²) < 4.78 is 13.3. The van der Waals surface area contributed by atoms with Gasteiger partial charge >= 0.3 is 0 Å². The van der Waals surface area contributed by atoms with Gasteiger partial charge in [-0.3, -0.25) is 14.6 Å². The number of hydrogen-bond donors (Lipinski definition) is 0. The Bertz CT molecular complexity index is 1100. The van der Waals surface area contributed by atoms with Crippen LogP contribution >= 0.6 is 0 Å². The Balaban J connectivity index is 1.52. The standard InChI is InChI=1S/C30H36FN3O/c1-4-33(5-2)30(35)26-13-11-25(12-14-26)29(27-8-6-7-23(3)21-27)34-19-17-32(18-20-34)22-24-9-15-28(31)16-10-24/h6-16,21,29H,4-5,17-20,22H2,1-3H3. The average Bonchev–Trinajstić information content (AvgIpc) is 2.88. The molecule has 0 spiro atoms. The average molecular weight is 474 g/mol. The summed E-state index contributed by atoms with van der Waals surface area (Å²) >= 11 is 0. The molecule has 4 nitrogen and oxygen atoms in total. The molecule has 0 radical (unpaired) electrons. The van der Waals surface area contributed by atoms with Crippen LogP contribution in [0.25, 0.3) is 0 Å². The van der Waals surface area contributed by atoms with Gasteiger partial charge in [0.05, 0.1) is 6.04 Å². The quantitative estimate of drug-likeness (QED) is 0.431. The molecule has 5 heteroatoms. The van der Waals surface area contributed by atoms with Crippen molar-refractivity contribution >= 4 is 5.91 Å². The highest BCUT2D eigenvalue weighted by atomic mass is 19.1. The Morgan fingerprint density at radius 3 is 2.14 bits per heavy atom. The highest BCUT2D eigenvalue weighted by molar-refractivity contribution is 5.94. The number of carbonyl (C=O) groups is 1. The first-order valence-corrected chi connectivity index (χ1v) is 12.6. The number of aryl methyl sites for hydroxylation is 1. The summed E-state index contributed by atoms with van der Waals surface area (Å²) in [6.07, 6.45) is 0. The number of amides is 1. The molecule has 1 aliphatic heterocycles. The van der Waals surface area contributed by atoms with E-state index < -0.39 is 0 Å². The molecule has 3 aromatic rings. The van der Waals surface area contributed by atoms with Crippen molar-refractivity contribution in [3.63, 3.8) is 0 Å². The van der Waals surface area contributed by atoms with Gasteiger partial charge in [0.15, 0.2) is 0 Å². The molecule has 3 aromatic carbocycles. The SMILES string of the molecule is CCN(CC)C(=O)c1ccc(C(c2cccc(C)c2)N2CCN(Cc3ccc(F)cc3)CC2)cc1. The van der Waals surface area contributed by atoms with E-state index in [-0.39, 0.29) is 17.8 Å². The molecule has 1 atom stereocenters. The van der Waals surface area contributed by atoms with Crippen molar-refractivity contribution in [3.8, 4) is 0 Å². The second-order valence-electron chi connectivity index (χ2n) is 9.35. The van der Waals surface area contributed by atoms with Crippen LogP contribution in [-0.2, 0) is 6.54 Å². The predicted molar refractivity (Wildman–Crippen MR) is 140 cm³/mol. The van der Waals surface area contributed by atoms with E-state index in [1.165, 1.54) is 28.8 Å². The van der Waals surface area contributed by atoms with Gasteiger partial charge in [-0.05, 0) is 61.7 Å². The van der Waals surface area contributed by atoms with Crippen molar-refractivity contribution in [2.75, 3.05) is 39.3 Å². The summed E-state index contributed by atoms with van der Waals surface area (Å²) in [5, 5.41) is 0. The smallest absolute Gasteiger partial charge is 0.253 e. The van der Waals surface area contributed by atoms with Gasteiger partial charge < -0.3 is 4.90 Å². The molecule has 0 aromatic heterocycles. The first-order valence-electron chi connectivity index (χ1n) is 12.6. The molecule has 0 bridgehead atoms. The lowest BCUT2D eigenvalue weighted by Crippen LogP contribution is -2.47. The third-order valence-corrected chi connectivity index (χ3v) is 6.97. The molecule has 1 amide bonds. The number of rotatable bonds is 8. The molecule has 1 aliphatic rings. The van der Waals surface area contributed by atoms with Crippen LogP contribution in [-0.4, -0.2) is 59.9 Å². The molecule has 1 heterocycles. The molecule has 1 saturated heterocycles. The summed E-state index contributed by atoms with van der Waals surface area (Å²) in [5.41, 5.74) is 5.61. The minimum Gasteiger partial charge on any atom is -0.339 e. The van der Waals surface area contributed by atoms with Crippen LogP contribution in [0.1, 0.15) is 52.5 Å². The van der Waals surface area contributed by atoms with Crippen LogP contribution < -0.4 is 0 Å². The lowest BCUT2D eigenvalue weighted by molar-refractivity contribution is 0.0773. The van der Waals surface area contributed by atoms with Crippen LogP contribution in [0.2, 0.25) is 0 Å². The number of hydrogen-bond acceptors (Lipinski definition) is 3. The summed E-state index contributed by atoms with van der Waals surface area (Å²) in [6, 6.07) is 23.9. The molecule has 0 aliphatic carbocycles. The number of carbonyl (C=O) groups excluding carboxylic acids is 1. The third kappa shape index (κ3) is 6.16. The fourth-order valence-corrected chi connectivity index (χ4v) is 4.98. The first-order chi connectivity index (χ1) is 17.0. The Morgan fingerprint density at radius 1 is 0.886 bits per heavy atom. The van der Waals surface area contributed by atoms with E-state index in [1.807, 2.05) is 43.0 Å². The highest BCUT2D eigenvalue weighted by Gasteiger charge is 2.27. The third-order valence-electron chi connectivity index (χ3n) is 6.97. The van der Waals surface area contributed by atoms with Gasteiger partial charge in [-0.1, -0.05) is 54.1 Å². The van der Waals surface area contributed by atoms with Crippen molar-refractivity contribution in [1.29, 1.82) is 0 Å². The Hall–Kier alpha value is -3.02. The van der Waals surface area contributed by atoms with E-state index in [0.717, 1.165) is 43.9 Å².